The van der Waals surface area contributed by atoms with E-state index in [0.29, 0.717) is 5.92 Å². The highest BCUT2D eigenvalue weighted by Gasteiger charge is 2.30. The maximum absolute atomic E-state index is 5.89. The van der Waals surface area contributed by atoms with Gasteiger partial charge in [0.15, 0.2) is 0 Å². The second-order valence-corrected chi connectivity index (χ2v) is 5.25. The number of nitrogen functional groups attached to an aromatic ring is 1. The lowest BCUT2D eigenvalue weighted by Crippen LogP contribution is -2.06. The number of aromatic nitrogens is 1. The summed E-state index contributed by atoms with van der Waals surface area (Å²) < 4.78 is 9.67. The van der Waals surface area contributed by atoms with Crippen LogP contribution in [0.2, 0.25) is 0 Å². The Labute approximate surface area is 107 Å². The van der Waals surface area contributed by atoms with Crippen LogP contribution in [-0.2, 0) is 4.74 Å². The van der Waals surface area contributed by atoms with E-state index in [2.05, 4.69) is 16.6 Å². The maximum Gasteiger partial charge on any atom is 0.142 e. The van der Waals surface area contributed by atoms with E-state index in [-0.39, 0.29) is 0 Å². The van der Waals surface area contributed by atoms with Crippen molar-refractivity contribution in [2.45, 2.75) is 38.5 Å². The second-order valence-electron chi connectivity index (χ2n) is 4.48. The van der Waals surface area contributed by atoms with Crippen LogP contribution in [0.1, 0.15) is 44.1 Å². The molecule has 17 heavy (non-hydrogen) atoms. The average Bonchev–Trinajstić information content (AvgIpc) is 3.09. The molecule has 1 aliphatic rings. The first-order valence-electron chi connectivity index (χ1n) is 6.39. The molecule has 1 heterocycles. The summed E-state index contributed by atoms with van der Waals surface area (Å²) in [5.41, 5.74) is 7.14. The monoisotopic (exact) mass is 255 g/mol. The molecule has 1 aliphatic carbocycles. The molecule has 0 saturated heterocycles. The zero-order valence-corrected chi connectivity index (χ0v) is 11.2. The Hall–Kier alpha value is -0.810. The quantitative estimate of drug-likeness (QED) is 0.701. The highest BCUT2D eigenvalue weighted by Crippen LogP contribution is 2.47. The normalized spacial score (nSPS) is 15.1. The first-order valence-corrected chi connectivity index (χ1v) is 7.17. The number of nitrogens with two attached hydrogens (primary N) is 1. The van der Waals surface area contributed by atoms with E-state index in [4.69, 9.17) is 10.5 Å². The van der Waals surface area contributed by atoms with Gasteiger partial charge in [-0.15, -0.1) is 0 Å². The minimum atomic E-state index is 0.660. The van der Waals surface area contributed by atoms with Crippen molar-refractivity contribution in [3.63, 3.8) is 0 Å². The Morgan fingerprint density at radius 2 is 2.29 bits per heavy atom. The predicted molar refractivity (Wildman–Crippen MR) is 72.7 cm³/mol. The van der Waals surface area contributed by atoms with Crippen molar-refractivity contribution in [2.24, 2.45) is 0 Å². The summed E-state index contributed by atoms with van der Waals surface area (Å²) in [4.78, 5) is 0. The fraction of sp³-hybridized carbons (Fsp3) is 0.750. The van der Waals surface area contributed by atoms with Gasteiger partial charge in [0, 0.05) is 25.3 Å². The van der Waals surface area contributed by atoms with Crippen molar-refractivity contribution in [2.75, 3.05) is 30.8 Å². The molecule has 1 saturated carbocycles. The molecule has 1 fully saturated rings. The van der Waals surface area contributed by atoms with Gasteiger partial charge in [-0.05, 0) is 43.1 Å². The lowest BCUT2D eigenvalue weighted by Gasteiger charge is -2.06. The first kappa shape index (κ1) is 12.6. The van der Waals surface area contributed by atoms with Crippen LogP contribution in [0.4, 0.5) is 10.8 Å². The predicted octanol–water partition coefficient (Wildman–Crippen LogP) is 2.83. The molecule has 0 spiro atoms. The third-order valence-electron chi connectivity index (χ3n) is 2.84. The van der Waals surface area contributed by atoms with Gasteiger partial charge in [-0.2, -0.15) is 4.37 Å². The highest BCUT2D eigenvalue weighted by molar-refractivity contribution is 7.10. The van der Waals surface area contributed by atoms with Crippen molar-refractivity contribution in [1.82, 2.24) is 4.37 Å². The third kappa shape index (κ3) is 3.57. The van der Waals surface area contributed by atoms with Crippen molar-refractivity contribution < 1.29 is 4.74 Å². The topological polar surface area (TPSA) is 60.2 Å². The number of hydrogen-bond acceptors (Lipinski definition) is 5. The SMILES string of the molecule is CCCOCCCNc1snc(N)c1C1CC1. The molecule has 2 rings (SSSR count). The van der Waals surface area contributed by atoms with Crippen LogP contribution in [0.3, 0.4) is 0 Å². The molecule has 0 bridgehead atoms. The number of nitrogens with zero attached hydrogens (tertiary/aromatic N) is 1. The van der Waals surface area contributed by atoms with Crippen molar-refractivity contribution in [3.8, 4) is 0 Å². The zero-order chi connectivity index (χ0) is 12.1. The van der Waals surface area contributed by atoms with E-state index in [0.717, 1.165) is 38.4 Å². The zero-order valence-electron chi connectivity index (χ0n) is 10.4. The summed E-state index contributed by atoms with van der Waals surface area (Å²) >= 11 is 1.49. The highest BCUT2D eigenvalue weighted by atomic mass is 32.1. The van der Waals surface area contributed by atoms with Crippen LogP contribution < -0.4 is 11.1 Å². The molecule has 3 N–H and O–H groups in total. The third-order valence-corrected chi connectivity index (χ3v) is 3.68. The molecular weight excluding hydrogens is 234 g/mol. The standard InChI is InChI=1S/C12H21N3OS/c1-2-7-16-8-3-6-14-12-10(9-4-5-9)11(13)15-17-12/h9,14H,2-8H2,1H3,(H2,13,15). The molecule has 1 aromatic rings. The molecule has 4 nitrogen and oxygen atoms in total. The van der Waals surface area contributed by atoms with Crippen molar-refractivity contribution >= 4 is 22.4 Å². The molecule has 96 valence electrons. The van der Waals surface area contributed by atoms with E-state index < -0.39 is 0 Å². The number of nitrogens with one attached hydrogen (secondary N) is 1. The van der Waals surface area contributed by atoms with Crippen LogP contribution in [-0.4, -0.2) is 24.1 Å². The number of hydrogen-bond donors (Lipinski definition) is 2. The van der Waals surface area contributed by atoms with Gasteiger partial charge in [0.1, 0.15) is 10.8 Å². The maximum atomic E-state index is 5.89. The molecule has 0 amide bonds. The molecule has 0 aliphatic heterocycles. The molecule has 5 heteroatoms. The van der Waals surface area contributed by atoms with E-state index >= 15 is 0 Å². The van der Waals surface area contributed by atoms with Gasteiger partial charge in [-0.1, -0.05) is 6.92 Å². The van der Waals surface area contributed by atoms with Gasteiger partial charge < -0.3 is 15.8 Å². The molecule has 1 aromatic heterocycles. The van der Waals surface area contributed by atoms with Gasteiger partial charge in [0.2, 0.25) is 0 Å². The van der Waals surface area contributed by atoms with Crippen molar-refractivity contribution in [3.05, 3.63) is 5.56 Å². The van der Waals surface area contributed by atoms with E-state index in [1.54, 1.807) is 0 Å². The van der Waals surface area contributed by atoms with Crippen LogP contribution in [0.25, 0.3) is 0 Å². The Morgan fingerprint density at radius 3 is 3.00 bits per heavy atom. The van der Waals surface area contributed by atoms with Crippen LogP contribution in [0.5, 0.6) is 0 Å². The molecular formula is C12H21N3OS. The summed E-state index contributed by atoms with van der Waals surface area (Å²) in [5.74, 6) is 1.38. The number of rotatable bonds is 8. The van der Waals surface area contributed by atoms with Gasteiger partial charge in [-0.3, -0.25) is 0 Å². The lowest BCUT2D eigenvalue weighted by atomic mass is 10.2. The Kier molecular flexibility index (Phi) is 4.62. The summed E-state index contributed by atoms with van der Waals surface area (Å²) in [6.07, 6.45) is 4.64. The average molecular weight is 255 g/mol. The molecule has 0 radical (unpaired) electrons. The van der Waals surface area contributed by atoms with E-state index in [9.17, 15) is 0 Å². The van der Waals surface area contributed by atoms with Gasteiger partial charge >= 0.3 is 0 Å². The summed E-state index contributed by atoms with van der Waals surface area (Å²) in [6, 6.07) is 0. The smallest absolute Gasteiger partial charge is 0.142 e. The van der Waals surface area contributed by atoms with Gasteiger partial charge in [0.25, 0.3) is 0 Å². The Balaban J connectivity index is 1.71. The number of ether oxygens (including phenoxy) is 1. The van der Waals surface area contributed by atoms with Gasteiger partial charge in [0.05, 0.1) is 0 Å². The van der Waals surface area contributed by atoms with Crippen molar-refractivity contribution in [1.29, 1.82) is 0 Å². The molecule has 0 unspecified atom stereocenters. The minimum absolute atomic E-state index is 0.660. The Bertz CT molecular complexity index is 350. The number of anilines is 2. The van der Waals surface area contributed by atoms with E-state index in [1.165, 1.54) is 34.9 Å². The first-order chi connectivity index (χ1) is 8.33. The minimum Gasteiger partial charge on any atom is -0.383 e. The Morgan fingerprint density at radius 1 is 1.47 bits per heavy atom. The lowest BCUT2D eigenvalue weighted by molar-refractivity contribution is 0.134. The van der Waals surface area contributed by atoms with Crippen LogP contribution in [0, 0.1) is 0 Å². The van der Waals surface area contributed by atoms with Crippen LogP contribution >= 0.6 is 11.5 Å². The molecule has 0 atom stereocenters. The summed E-state index contributed by atoms with van der Waals surface area (Å²) in [6.45, 7) is 4.75. The summed E-state index contributed by atoms with van der Waals surface area (Å²) in [5, 5.41) is 4.60. The van der Waals surface area contributed by atoms with E-state index in [1.807, 2.05) is 0 Å². The van der Waals surface area contributed by atoms with Gasteiger partial charge in [-0.25, -0.2) is 0 Å². The second kappa shape index (κ2) is 6.21. The molecule has 0 aromatic carbocycles. The largest absolute Gasteiger partial charge is 0.383 e. The fourth-order valence-electron chi connectivity index (χ4n) is 1.83. The van der Waals surface area contributed by atoms with Crippen LogP contribution in [0.15, 0.2) is 0 Å². The fourth-order valence-corrected chi connectivity index (χ4v) is 2.65. The summed E-state index contributed by atoms with van der Waals surface area (Å²) in [7, 11) is 0.